The maximum atomic E-state index is 12.3. The van der Waals surface area contributed by atoms with Crippen LogP contribution in [0.2, 0.25) is 0 Å². The van der Waals surface area contributed by atoms with Crippen LogP contribution in [0.5, 0.6) is 5.75 Å². The molecule has 2 rings (SSSR count). The van der Waals surface area contributed by atoms with Crippen LogP contribution in [-0.2, 0) is 14.9 Å². The van der Waals surface area contributed by atoms with Gasteiger partial charge >= 0.3 is 10.1 Å². The number of benzene rings is 1. The molecule has 28 heavy (non-hydrogen) atoms. The normalized spacial score (nSPS) is 12.9. The van der Waals surface area contributed by atoms with E-state index in [0.29, 0.717) is 37.2 Å². The number of hydrogen-bond donors (Lipinski definition) is 2. The number of carbonyl (C=O) groups excluding carboxylic acids is 1. The Balaban J connectivity index is 1.83. The fourth-order valence-electron chi connectivity index (χ4n) is 2.82. The molecule has 0 spiro atoms. The van der Waals surface area contributed by atoms with Crippen LogP contribution in [0.1, 0.15) is 38.8 Å². The van der Waals surface area contributed by atoms with Crippen molar-refractivity contribution in [1.29, 1.82) is 0 Å². The molecule has 0 unspecified atom stereocenters. The molecule has 8 heteroatoms. The highest BCUT2D eigenvalue weighted by atomic mass is 32.2. The van der Waals surface area contributed by atoms with Gasteiger partial charge in [0.25, 0.3) is 0 Å². The second-order valence-electron chi connectivity index (χ2n) is 7.36. The quantitative estimate of drug-likeness (QED) is 0.462. The lowest BCUT2D eigenvalue weighted by Crippen LogP contribution is -2.41. The van der Waals surface area contributed by atoms with Crippen molar-refractivity contribution in [3.8, 4) is 5.75 Å². The number of pyridine rings is 1. The predicted molar refractivity (Wildman–Crippen MR) is 111 cm³/mol. The molecule has 1 amide bonds. The van der Waals surface area contributed by atoms with Crippen molar-refractivity contribution in [3.63, 3.8) is 0 Å². The number of nitrogens with two attached hydrogens (primary N) is 1. The SMILES string of the molecule is Cc1ccc2cccc(OS(=O)(=O)CCCCNC(=O)[C@@H](N)CC(C)C)c2n1. The topological polar surface area (TPSA) is 111 Å². The number of aryl methyl sites for hydroxylation is 1. The van der Waals surface area contributed by atoms with Gasteiger partial charge in [0.15, 0.2) is 5.75 Å². The van der Waals surface area contributed by atoms with E-state index in [1.807, 2.05) is 39.0 Å². The van der Waals surface area contributed by atoms with E-state index >= 15 is 0 Å². The summed E-state index contributed by atoms with van der Waals surface area (Å²) in [5.41, 5.74) is 7.12. The molecule has 1 heterocycles. The van der Waals surface area contributed by atoms with E-state index in [4.69, 9.17) is 9.92 Å². The number of aromatic nitrogens is 1. The minimum absolute atomic E-state index is 0.136. The average Bonchev–Trinajstić information content (AvgIpc) is 2.61. The number of amides is 1. The number of para-hydroxylation sites is 1. The van der Waals surface area contributed by atoms with Gasteiger partial charge in [-0.1, -0.05) is 32.0 Å². The van der Waals surface area contributed by atoms with E-state index in [0.717, 1.165) is 11.1 Å². The van der Waals surface area contributed by atoms with E-state index < -0.39 is 16.2 Å². The molecule has 2 aromatic rings. The maximum Gasteiger partial charge on any atom is 0.309 e. The molecular formula is C20H29N3O4S. The Kier molecular flexibility index (Phi) is 7.77. The van der Waals surface area contributed by atoms with Crippen molar-refractivity contribution in [3.05, 3.63) is 36.0 Å². The number of rotatable bonds is 10. The number of nitrogens with one attached hydrogen (secondary N) is 1. The smallest absolute Gasteiger partial charge is 0.309 e. The number of fused-ring (bicyclic) bond motifs is 1. The molecule has 0 bridgehead atoms. The van der Waals surface area contributed by atoms with Gasteiger partial charge in [-0.2, -0.15) is 8.42 Å². The van der Waals surface area contributed by atoms with Crippen LogP contribution in [0.3, 0.4) is 0 Å². The lowest BCUT2D eigenvalue weighted by Gasteiger charge is -2.14. The Labute approximate surface area is 166 Å². The number of nitrogens with zero attached hydrogens (tertiary/aromatic N) is 1. The van der Waals surface area contributed by atoms with Gasteiger partial charge in [-0.05, 0) is 44.2 Å². The average molecular weight is 408 g/mol. The molecule has 7 nitrogen and oxygen atoms in total. The van der Waals surface area contributed by atoms with E-state index in [2.05, 4.69) is 10.3 Å². The van der Waals surface area contributed by atoms with Crippen LogP contribution in [-0.4, -0.2) is 37.6 Å². The Morgan fingerprint density at radius 1 is 1.21 bits per heavy atom. The van der Waals surface area contributed by atoms with Crippen LogP contribution in [0.15, 0.2) is 30.3 Å². The van der Waals surface area contributed by atoms with Gasteiger partial charge < -0.3 is 15.2 Å². The molecule has 0 saturated heterocycles. The van der Waals surface area contributed by atoms with Crippen LogP contribution in [0, 0.1) is 12.8 Å². The largest absolute Gasteiger partial charge is 0.380 e. The fraction of sp³-hybridized carbons (Fsp3) is 0.500. The first-order chi connectivity index (χ1) is 13.2. The third-order valence-corrected chi connectivity index (χ3v) is 5.44. The van der Waals surface area contributed by atoms with E-state index in [9.17, 15) is 13.2 Å². The molecule has 0 saturated carbocycles. The number of unbranched alkanes of at least 4 members (excludes halogenated alkanes) is 1. The van der Waals surface area contributed by atoms with Gasteiger partial charge in [-0.3, -0.25) is 4.79 Å². The summed E-state index contributed by atoms with van der Waals surface area (Å²) in [6, 6.07) is 8.40. The van der Waals surface area contributed by atoms with Gasteiger partial charge in [0.05, 0.1) is 11.8 Å². The molecule has 1 atom stereocenters. The lowest BCUT2D eigenvalue weighted by atomic mass is 10.0. The van der Waals surface area contributed by atoms with Gasteiger partial charge in [-0.25, -0.2) is 4.98 Å². The summed E-state index contributed by atoms with van der Waals surface area (Å²) in [7, 11) is -3.75. The van der Waals surface area contributed by atoms with Gasteiger partial charge in [-0.15, -0.1) is 0 Å². The lowest BCUT2D eigenvalue weighted by molar-refractivity contribution is -0.122. The third-order valence-electron chi connectivity index (χ3n) is 4.22. The summed E-state index contributed by atoms with van der Waals surface area (Å²) < 4.78 is 29.9. The first-order valence-electron chi connectivity index (χ1n) is 9.50. The Morgan fingerprint density at radius 3 is 2.68 bits per heavy atom. The van der Waals surface area contributed by atoms with Crippen molar-refractivity contribution in [2.45, 2.75) is 46.1 Å². The highest BCUT2D eigenvalue weighted by Crippen LogP contribution is 2.25. The second kappa shape index (κ2) is 9.84. The zero-order valence-corrected chi connectivity index (χ0v) is 17.5. The minimum atomic E-state index is -3.75. The van der Waals surface area contributed by atoms with Crippen molar-refractivity contribution < 1.29 is 17.4 Å². The second-order valence-corrected chi connectivity index (χ2v) is 9.05. The summed E-state index contributed by atoms with van der Waals surface area (Å²) in [5.74, 6) is 0.234. The summed E-state index contributed by atoms with van der Waals surface area (Å²) in [6.07, 6.45) is 1.52. The van der Waals surface area contributed by atoms with Crippen LogP contribution in [0.4, 0.5) is 0 Å². The summed E-state index contributed by atoms with van der Waals surface area (Å²) in [5, 5.41) is 3.56. The van der Waals surface area contributed by atoms with E-state index in [1.54, 1.807) is 12.1 Å². The zero-order valence-electron chi connectivity index (χ0n) is 16.6. The Morgan fingerprint density at radius 2 is 1.96 bits per heavy atom. The molecule has 0 aliphatic heterocycles. The molecule has 154 valence electrons. The first-order valence-corrected chi connectivity index (χ1v) is 11.1. The van der Waals surface area contributed by atoms with Gasteiger partial charge in [0.2, 0.25) is 5.91 Å². The summed E-state index contributed by atoms with van der Waals surface area (Å²) in [6.45, 7) is 6.23. The highest BCUT2D eigenvalue weighted by molar-refractivity contribution is 7.87. The minimum Gasteiger partial charge on any atom is -0.380 e. The van der Waals surface area contributed by atoms with E-state index in [1.165, 1.54) is 0 Å². The molecule has 0 radical (unpaired) electrons. The summed E-state index contributed by atoms with van der Waals surface area (Å²) >= 11 is 0. The predicted octanol–water partition coefficient (Wildman–Crippen LogP) is 2.52. The monoisotopic (exact) mass is 407 g/mol. The highest BCUT2D eigenvalue weighted by Gasteiger charge is 2.17. The first kappa shape index (κ1) is 22.1. The van der Waals surface area contributed by atoms with Gasteiger partial charge in [0, 0.05) is 17.6 Å². The summed E-state index contributed by atoms with van der Waals surface area (Å²) in [4.78, 5) is 16.2. The van der Waals surface area contributed by atoms with Crippen LogP contribution >= 0.6 is 0 Å². The molecular weight excluding hydrogens is 378 g/mol. The standard InChI is InChI=1S/C20H29N3O4S/c1-14(2)13-17(21)20(24)22-11-4-5-12-28(25,26)27-18-8-6-7-16-10-9-15(3)23-19(16)18/h6-10,14,17H,4-5,11-13,21H2,1-3H3,(H,22,24)/t17-/m0/s1. The van der Waals surface area contributed by atoms with Crippen molar-refractivity contribution >= 4 is 26.9 Å². The van der Waals surface area contributed by atoms with Crippen LogP contribution in [0.25, 0.3) is 10.9 Å². The Bertz CT molecular complexity index is 913. The van der Waals surface area contributed by atoms with Crippen molar-refractivity contribution in [2.75, 3.05) is 12.3 Å². The van der Waals surface area contributed by atoms with Crippen molar-refractivity contribution in [1.82, 2.24) is 10.3 Å². The fourth-order valence-corrected chi connectivity index (χ4v) is 3.87. The van der Waals surface area contributed by atoms with E-state index in [-0.39, 0.29) is 17.4 Å². The molecule has 0 aliphatic rings. The number of carbonyl (C=O) groups is 1. The van der Waals surface area contributed by atoms with Gasteiger partial charge in [0.1, 0.15) is 5.52 Å². The molecule has 0 fully saturated rings. The third kappa shape index (κ3) is 6.76. The molecule has 1 aromatic carbocycles. The Hall–Kier alpha value is -2.19. The van der Waals surface area contributed by atoms with Crippen molar-refractivity contribution in [2.24, 2.45) is 11.7 Å². The zero-order chi connectivity index (χ0) is 20.7. The van der Waals surface area contributed by atoms with Crippen LogP contribution < -0.4 is 15.2 Å². The maximum absolute atomic E-state index is 12.3. The molecule has 3 N–H and O–H groups in total. The number of hydrogen-bond acceptors (Lipinski definition) is 6. The molecule has 0 aliphatic carbocycles. The molecule has 1 aromatic heterocycles.